The third-order valence-electron chi connectivity index (χ3n) is 5.51. The lowest BCUT2D eigenvalue weighted by molar-refractivity contribution is -0.0668. The van der Waals surface area contributed by atoms with Crippen LogP contribution in [0.2, 0.25) is 0 Å². The lowest BCUT2D eigenvalue weighted by Gasteiger charge is -2.62. The lowest BCUT2D eigenvalue weighted by Crippen LogP contribution is -2.72. The molecule has 0 aliphatic carbocycles. The van der Waals surface area contributed by atoms with Crippen LogP contribution in [0.15, 0.2) is 4.99 Å². The van der Waals surface area contributed by atoms with Crippen molar-refractivity contribution < 1.29 is 0 Å². The third kappa shape index (κ3) is 4.03. The second-order valence-corrected chi connectivity index (χ2v) is 7.67. The van der Waals surface area contributed by atoms with Gasteiger partial charge in [0, 0.05) is 31.1 Å². The van der Waals surface area contributed by atoms with Gasteiger partial charge >= 0.3 is 0 Å². The van der Waals surface area contributed by atoms with Crippen LogP contribution >= 0.6 is 24.0 Å². The molecule has 1 fully saturated rings. The lowest BCUT2D eigenvalue weighted by atomic mass is 9.65. The molecule has 0 bridgehead atoms. The van der Waals surface area contributed by atoms with E-state index in [1.165, 1.54) is 6.42 Å². The van der Waals surface area contributed by atoms with E-state index in [0.717, 1.165) is 37.1 Å². The van der Waals surface area contributed by atoms with Crippen LogP contribution in [0, 0.1) is 12.3 Å². The van der Waals surface area contributed by atoms with Gasteiger partial charge in [-0.3, -0.25) is 0 Å². The number of rotatable bonds is 5. The molecule has 0 spiro atoms. The van der Waals surface area contributed by atoms with Crippen molar-refractivity contribution >= 4 is 29.9 Å². The van der Waals surface area contributed by atoms with Gasteiger partial charge in [-0.1, -0.05) is 27.2 Å². The molecule has 1 aromatic heterocycles. The first-order chi connectivity index (χ1) is 10.7. The van der Waals surface area contributed by atoms with Crippen LogP contribution in [0.5, 0.6) is 0 Å². The molecular weight excluding hydrogens is 415 g/mol. The highest BCUT2D eigenvalue weighted by Gasteiger charge is 2.53. The number of nitrogens with zero attached hydrogens (tertiary/aromatic N) is 5. The number of likely N-dealkylation sites (tertiary alicyclic amines) is 1. The monoisotopic (exact) mass is 448 g/mol. The predicted octanol–water partition coefficient (Wildman–Crippen LogP) is 3.11. The van der Waals surface area contributed by atoms with Crippen LogP contribution in [-0.2, 0) is 13.6 Å². The highest BCUT2D eigenvalue weighted by Crippen LogP contribution is 2.46. The SMILES string of the molecule is CCCCNC(=NCc1nnc(C)n1C)N1CC(C)(C)C1(C)C.I. The van der Waals surface area contributed by atoms with Crippen LogP contribution in [0.3, 0.4) is 0 Å². The fraction of sp³-hybridized carbons (Fsp3) is 0.824. The predicted molar refractivity (Wildman–Crippen MR) is 110 cm³/mol. The van der Waals surface area contributed by atoms with E-state index in [4.69, 9.17) is 4.99 Å². The molecule has 6 nitrogen and oxygen atoms in total. The number of unbranched alkanes of at least 4 members (excludes halogenated alkanes) is 1. The molecule has 0 atom stereocenters. The number of guanidine groups is 1. The molecule has 0 saturated carbocycles. The number of halogens is 1. The van der Waals surface area contributed by atoms with Gasteiger partial charge in [-0.05, 0) is 27.2 Å². The Kier molecular flexibility index (Phi) is 7.07. The van der Waals surface area contributed by atoms with Crippen molar-refractivity contribution in [1.29, 1.82) is 0 Å². The zero-order valence-electron chi connectivity index (χ0n) is 16.2. The number of nitrogens with one attached hydrogen (secondary N) is 1. The van der Waals surface area contributed by atoms with Crippen molar-refractivity contribution in [1.82, 2.24) is 25.0 Å². The number of aryl methyl sites for hydroxylation is 1. The molecule has 7 heteroatoms. The summed E-state index contributed by atoms with van der Waals surface area (Å²) in [5.74, 6) is 2.81. The Hall–Kier alpha value is -0.860. The van der Waals surface area contributed by atoms with E-state index in [-0.39, 0.29) is 29.5 Å². The fourth-order valence-electron chi connectivity index (χ4n) is 2.75. The smallest absolute Gasteiger partial charge is 0.194 e. The van der Waals surface area contributed by atoms with Gasteiger partial charge in [0.05, 0.1) is 0 Å². The number of hydrogen-bond acceptors (Lipinski definition) is 3. The summed E-state index contributed by atoms with van der Waals surface area (Å²) in [6.45, 7) is 15.9. The van der Waals surface area contributed by atoms with E-state index < -0.39 is 0 Å². The summed E-state index contributed by atoms with van der Waals surface area (Å²) in [7, 11) is 1.99. The van der Waals surface area contributed by atoms with E-state index >= 15 is 0 Å². The molecule has 0 amide bonds. The molecule has 0 radical (unpaired) electrons. The summed E-state index contributed by atoms with van der Waals surface area (Å²) in [5, 5.41) is 11.9. The maximum Gasteiger partial charge on any atom is 0.194 e. The maximum absolute atomic E-state index is 4.83. The second-order valence-electron chi connectivity index (χ2n) is 7.67. The van der Waals surface area contributed by atoms with Crippen molar-refractivity contribution in [2.24, 2.45) is 17.5 Å². The summed E-state index contributed by atoms with van der Waals surface area (Å²) in [5.41, 5.74) is 0.391. The molecule has 0 unspecified atom stereocenters. The average molecular weight is 448 g/mol. The minimum Gasteiger partial charge on any atom is -0.356 e. The van der Waals surface area contributed by atoms with Gasteiger partial charge in [0.25, 0.3) is 0 Å². The highest BCUT2D eigenvalue weighted by atomic mass is 127. The molecule has 0 aromatic carbocycles. The third-order valence-corrected chi connectivity index (χ3v) is 5.51. The fourth-order valence-corrected chi connectivity index (χ4v) is 2.75. The summed E-state index contributed by atoms with van der Waals surface area (Å²) < 4.78 is 2.00. The van der Waals surface area contributed by atoms with E-state index in [9.17, 15) is 0 Å². The van der Waals surface area contributed by atoms with Crippen LogP contribution in [0.4, 0.5) is 0 Å². The molecule has 1 aliphatic heterocycles. The van der Waals surface area contributed by atoms with Crippen LogP contribution < -0.4 is 5.32 Å². The van der Waals surface area contributed by atoms with Gasteiger partial charge in [0.1, 0.15) is 12.4 Å². The van der Waals surface area contributed by atoms with E-state index in [0.29, 0.717) is 12.0 Å². The van der Waals surface area contributed by atoms with Crippen molar-refractivity contribution in [3.8, 4) is 0 Å². The number of hydrogen-bond donors (Lipinski definition) is 1. The molecule has 1 N–H and O–H groups in total. The Morgan fingerprint density at radius 3 is 2.38 bits per heavy atom. The van der Waals surface area contributed by atoms with Gasteiger partial charge in [-0.15, -0.1) is 34.2 Å². The van der Waals surface area contributed by atoms with Gasteiger partial charge in [0.15, 0.2) is 11.8 Å². The van der Waals surface area contributed by atoms with Gasteiger partial charge in [0.2, 0.25) is 0 Å². The highest BCUT2D eigenvalue weighted by molar-refractivity contribution is 14.0. The first kappa shape index (κ1) is 21.2. The Bertz CT molecular complexity index is 576. The zero-order valence-corrected chi connectivity index (χ0v) is 18.5. The van der Waals surface area contributed by atoms with Crippen molar-refractivity contribution in [3.05, 3.63) is 11.6 Å². The molecule has 2 heterocycles. The molecule has 24 heavy (non-hydrogen) atoms. The number of aliphatic imine (C=N–C) groups is 1. The summed E-state index contributed by atoms with van der Waals surface area (Å²) in [6, 6.07) is 0. The van der Waals surface area contributed by atoms with E-state index in [1.807, 2.05) is 18.5 Å². The molecule has 1 aromatic rings. The Balaban J connectivity index is 0.00000288. The second kappa shape index (κ2) is 8.01. The molecule has 1 saturated heterocycles. The number of aromatic nitrogens is 3. The van der Waals surface area contributed by atoms with Crippen LogP contribution in [-0.4, -0.2) is 44.3 Å². The first-order valence-electron chi connectivity index (χ1n) is 8.61. The van der Waals surface area contributed by atoms with Crippen LogP contribution in [0.25, 0.3) is 0 Å². The Morgan fingerprint density at radius 2 is 1.92 bits per heavy atom. The topological polar surface area (TPSA) is 58.3 Å². The standard InChI is InChI=1S/C17H32N6.HI/c1-8-9-10-18-15(23-12-16(3,4)17(23,5)6)19-11-14-21-20-13(2)22(14)7;/h8-12H2,1-7H3,(H,18,19);1H. The summed E-state index contributed by atoms with van der Waals surface area (Å²) >= 11 is 0. The zero-order chi connectivity index (χ0) is 17.3. The van der Waals surface area contributed by atoms with Crippen molar-refractivity contribution in [2.45, 2.75) is 66.5 Å². The molecule has 1 aliphatic rings. The average Bonchev–Trinajstić information content (AvgIpc) is 2.80. The van der Waals surface area contributed by atoms with Crippen molar-refractivity contribution in [2.75, 3.05) is 13.1 Å². The normalized spacial score (nSPS) is 18.8. The summed E-state index contributed by atoms with van der Waals surface area (Å²) in [6.07, 6.45) is 2.33. The molecule has 138 valence electrons. The first-order valence-corrected chi connectivity index (χ1v) is 8.61. The maximum atomic E-state index is 4.83. The summed E-state index contributed by atoms with van der Waals surface area (Å²) in [4.78, 5) is 7.21. The quantitative estimate of drug-likeness (QED) is 0.326. The minimum absolute atomic E-state index is 0. The minimum atomic E-state index is 0. The van der Waals surface area contributed by atoms with Gasteiger partial charge in [-0.2, -0.15) is 0 Å². The van der Waals surface area contributed by atoms with E-state index in [2.05, 4.69) is 55.0 Å². The largest absolute Gasteiger partial charge is 0.356 e. The van der Waals surface area contributed by atoms with Gasteiger partial charge < -0.3 is 14.8 Å². The molecule has 2 rings (SSSR count). The van der Waals surface area contributed by atoms with E-state index in [1.54, 1.807) is 0 Å². The Morgan fingerprint density at radius 1 is 1.25 bits per heavy atom. The van der Waals surface area contributed by atoms with Gasteiger partial charge in [-0.25, -0.2) is 4.99 Å². The van der Waals surface area contributed by atoms with Crippen LogP contribution in [0.1, 0.15) is 59.1 Å². The molecular formula is C17H33IN6. The Labute approximate surface area is 163 Å². The van der Waals surface area contributed by atoms with Crippen molar-refractivity contribution in [3.63, 3.8) is 0 Å².